The second-order valence-corrected chi connectivity index (χ2v) is 9.03. The molecule has 0 saturated heterocycles. The largest absolute Gasteiger partial charge is 0.489 e. The van der Waals surface area contributed by atoms with Gasteiger partial charge in [-0.05, 0) is 49.1 Å². The second-order valence-electron chi connectivity index (χ2n) is 9.03. The van der Waals surface area contributed by atoms with Crippen LogP contribution < -0.4 is 16.0 Å². The summed E-state index contributed by atoms with van der Waals surface area (Å²) in [5, 5.41) is 0. The van der Waals surface area contributed by atoms with E-state index in [2.05, 4.69) is 23.2 Å². The molecule has 1 heterocycles. The standard InChI is InChI=1S/C30H32N2O4/c1-4-27-28(17-25-15-21(2)14-22(3)16-25)32(30(34)31-29(27)33)20-35-18-24-10-12-26(13-11-24)36-19-23-8-6-5-7-9-23/h5-16H,4,17-20H2,1-3H3,(H,31,33,34). The van der Waals surface area contributed by atoms with Crippen molar-refractivity contribution in [1.82, 2.24) is 9.55 Å². The molecule has 0 bridgehead atoms. The van der Waals surface area contributed by atoms with Crippen molar-refractivity contribution in [2.75, 3.05) is 0 Å². The van der Waals surface area contributed by atoms with Crippen LogP contribution in [-0.4, -0.2) is 9.55 Å². The van der Waals surface area contributed by atoms with Crippen LogP contribution in [0.1, 0.15) is 46.0 Å². The first-order valence-electron chi connectivity index (χ1n) is 12.2. The first-order valence-corrected chi connectivity index (χ1v) is 12.2. The summed E-state index contributed by atoms with van der Waals surface area (Å²) >= 11 is 0. The monoisotopic (exact) mass is 484 g/mol. The molecule has 186 valence electrons. The third-order valence-electron chi connectivity index (χ3n) is 6.08. The van der Waals surface area contributed by atoms with Crippen LogP contribution in [0.15, 0.2) is 82.4 Å². The molecule has 0 atom stereocenters. The van der Waals surface area contributed by atoms with Gasteiger partial charge in [0.1, 0.15) is 19.1 Å². The molecule has 36 heavy (non-hydrogen) atoms. The maximum atomic E-state index is 12.7. The Kier molecular flexibility index (Phi) is 8.18. The molecular formula is C30H32N2O4. The van der Waals surface area contributed by atoms with E-state index in [-0.39, 0.29) is 12.3 Å². The topological polar surface area (TPSA) is 73.3 Å². The average molecular weight is 485 g/mol. The van der Waals surface area contributed by atoms with Gasteiger partial charge in [0.2, 0.25) is 0 Å². The van der Waals surface area contributed by atoms with Gasteiger partial charge in [0.15, 0.2) is 0 Å². The molecule has 0 aliphatic rings. The number of aromatic amines is 1. The number of benzene rings is 3. The second kappa shape index (κ2) is 11.7. The summed E-state index contributed by atoms with van der Waals surface area (Å²) in [6.45, 7) is 6.90. The summed E-state index contributed by atoms with van der Waals surface area (Å²) in [7, 11) is 0. The number of H-pyrrole nitrogens is 1. The summed E-state index contributed by atoms with van der Waals surface area (Å²) in [4.78, 5) is 27.7. The molecule has 0 unspecified atom stereocenters. The fourth-order valence-corrected chi connectivity index (χ4v) is 4.40. The quantitative estimate of drug-likeness (QED) is 0.342. The molecular weight excluding hydrogens is 452 g/mol. The van der Waals surface area contributed by atoms with E-state index < -0.39 is 5.69 Å². The number of hydrogen-bond acceptors (Lipinski definition) is 4. The molecule has 1 N–H and O–H groups in total. The van der Waals surface area contributed by atoms with Gasteiger partial charge in [-0.3, -0.25) is 14.3 Å². The van der Waals surface area contributed by atoms with Gasteiger partial charge in [0.25, 0.3) is 5.56 Å². The number of aromatic nitrogens is 2. The summed E-state index contributed by atoms with van der Waals surface area (Å²) in [6.07, 6.45) is 1.02. The van der Waals surface area contributed by atoms with Gasteiger partial charge >= 0.3 is 5.69 Å². The van der Waals surface area contributed by atoms with Crippen molar-refractivity contribution < 1.29 is 9.47 Å². The highest BCUT2D eigenvalue weighted by Crippen LogP contribution is 2.17. The van der Waals surface area contributed by atoms with Crippen molar-refractivity contribution in [2.24, 2.45) is 0 Å². The van der Waals surface area contributed by atoms with Crippen LogP contribution in [0.4, 0.5) is 0 Å². The Morgan fingerprint density at radius 3 is 2.14 bits per heavy atom. The lowest BCUT2D eigenvalue weighted by atomic mass is 10.0. The van der Waals surface area contributed by atoms with Crippen molar-refractivity contribution >= 4 is 0 Å². The van der Waals surface area contributed by atoms with Gasteiger partial charge in [-0.2, -0.15) is 0 Å². The van der Waals surface area contributed by atoms with E-state index in [1.807, 2.05) is 75.4 Å². The molecule has 4 rings (SSSR count). The maximum Gasteiger partial charge on any atom is 0.330 e. The average Bonchev–Trinajstić information content (AvgIpc) is 2.85. The normalized spacial score (nSPS) is 11.0. The maximum absolute atomic E-state index is 12.7. The highest BCUT2D eigenvalue weighted by atomic mass is 16.5. The zero-order valence-electron chi connectivity index (χ0n) is 21.0. The Labute approximate surface area is 211 Å². The van der Waals surface area contributed by atoms with Gasteiger partial charge < -0.3 is 9.47 Å². The number of ether oxygens (including phenoxy) is 2. The third-order valence-corrected chi connectivity index (χ3v) is 6.08. The van der Waals surface area contributed by atoms with E-state index in [1.165, 1.54) is 4.57 Å². The summed E-state index contributed by atoms with van der Waals surface area (Å²) < 4.78 is 13.3. The predicted molar refractivity (Wildman–Crippen MR) is 141 cm³/mol. The Hall–Kier alpha value is -3.90. The first-order chi connectivity index (χ1) is 17.4. The highest BCUT2D eigenvalue weighted by molar-refractivity contribution is 5.33. The lowest BCUT2D eigenvalue weighted by molar-refractivity contribution is 0.0589. The molecule has 3 aromatic carbocycles. The Bertz CT molecular complexity index is 1400. The van der Waals surface area contributed by atoms with Crippen LogP contribution in [0.25, 0.3) is 0 Å². The predicted octanol–water partition coefficient (Wildman–Crippen LogP) is 5.06. The van der Waals surface area contributed by atoms with Crippen LogP contribution >= 0.6 is 0 Å². The lowest BCUT2D eigenvalue weighted by Gasteiger charge is -2.17. The molecule has 0 aliphatic heterocycles. The fraction of sp³-hybridized carbons (Fsp3) is 0.267. The van der Waals surface area contributed by atoms with E-state index in [4.69, 9.17) is 9.47 Å². The molecule has 0 radical (unpaired) electrons. The zero-order valence-corrected chi connectivity index (χ0v) is 21.0. The Morgan fingerprint density at radius 1 is 0.806 bits per heavy atom. The van der Waals surface area contributed by atoms with Crippen LogP contribution in [0.5, 0.6) is 5.75 Å². The van der Waals surface area contributed by atoms with Gasteiger partial charge in [0.05, 0.1) is 6.61 Å². The molecule has 0 aliphatic carbocycles. The molecule has 0 saturated carbocycles. The molecule has 1 aromatic heterocycles. The van der Waals surface area contributed by atoms with Crippen molar-refractivity contribution in [3.63, 3.8) is 0 Å². The number of nitrogens with zero attached hydrogens (tertiary/aromatic N) is 1. The van der Waals surface area contributed by atoms with Crippen LogP contribution in [0.3, 0.4) is 0 Å². The van der Waals surface area contributed by atoms with E-state index >= 15 is 0 Å². The lowest BCUT2D eigenvalue weighted by Crippen LogP contribution is -2.36. The van der Waals surface area contributed by atoms with E-state index in [9.17, 15) is 9.59 Å². The van der Waals surface area contributed by atoms with Crippen molar-refractivity contribution in [2.45, 2.75) is 53.6 Å². The van der Waals surface area contributed by atoms with Crippen molar-refractivity contribution in [1.29, 1.82) is 0 Å². The van der Waals surface area contributed by atoms with Crippen molar-refractivity contribution in [3.05, 3.63) is 133 Å². The molecule has 0 spiro atoms. The number of hydrogen-bond donors (Lipinski definition) is 1. The molecule has 0 amide bonds. The minimum atomic E-state index is -0.457. The number of rotatable bonds is 10. The number of nitrogens with one attached hydrogen (secondary N) is 1. The van der Waals surface area contributed by atoms with Crippen molar-refractivity contribution in [3.8, 4) is 5.75 Å². The van der Waals surface area contributed by atoms with Gasteiger partial charge in [-0.15, -0.1) is 0 Å². The van der Waals surface area contributed by atoms with Crippen LogP contribution in [0, 0.1) is 13.8 Å². The number of aryl methyl sites for hydroxylation is 2. The van der Waals surface area contributed by atoms with Crippen LogP contribution in [0.2, 0.25) is 0 Å². The van der Waals surface area contributed by atoms with Gasteiger partial charge in [0, 0.05) is 17.7 Å². The smallest absolute Gasteiger partial charge is 0.330 e. The minimum Gasteiger partial charge on any atom is -0.489 e. The molecule has 6 nitrogen and oxygen atoms in total. The summed E-state index contributed by atoms with van der Waals surface area (Å²) in [5.74, 6) is 0.780. The highest BCUT2D eigenvalue weighted by Gasteiger charge is 2.15. The van der Waals surface area contributed by atoms with E-state index in [0.29, 0.717) is 37.3 Å². The third kappa shape index (κ3) is 6.40. The summed E-state index contributed by atoms with van der Waals surface area (Å²) in [5.41, 5.74) is 5.95. The molecule has 4 aromatic rings. The Morgan fingerprint density at radius 2 is 1.47 bits per heavy atom. The first kappa shape index (κ1) is 25.2. The van der Waals surface area contributed by atoms with Gasteiger partial charge in [-0.1, -0.05) is 78.7 Å². The summed E-state index contributed by atoms with van der Waals surface area (Å²) in [6, 6.07) is 24.0. The SMILES string of the molecule is CCc1c(Cc2cc(C)cc(C)c2)n(COCc2ccc(OCc3ccccc3)cc2)c(=O)[nH]c1=O. The fourth-order valence-electron chi connectivity index (χ4n) is 4.40. The molecule has 0 fully saturated rings. The van der Waals surface area contributed by atoms with E-state index in [1.54, 1.807) is 0 Å². The Balaban J connectivity index is 1.45. The zero-order chi connectivity index (χ0) is 25.5. The van der Waals surface area contributed by atoms with Gasteiger partial charge in [-0.25, -0.2) is 4.79 Å². The van der Waals surface area contributed by atoms with Crippen LogP contribution in [-0.2, 0) is 37.5 Å². The van der Waals surface area contributed by atoms with E-state index in [0.717, 1.165) is 33.6 Å². The minimum absolute atomic E-state index is 0.0506. The molecule has 6 heteroatoms.